The molecule has 2 aliphatic rings. The Kier molecular flexibility index (Phi) is 4.98. The van der Waals surface area contributed by atoms with Crippen molar-refractivity contribution < 1.29 is 19.1 Å². The Labute approximate surface area is 140 Å². The zero-order valence-electron chi connectivity index (χ0n) is 13.4. The molecule has 0 bridgehead atoms. The van der Waals surface area contributed by atoms with E-state index in [0.717, 1.165) is 24.9 Å². The van der Waals surface area contributed by atoms with E-state index in [0.29, 0.717) is 18.7 Å². The Hall–Kier alpha value is -2.57. The molecule has 3 rings (SSSR count). The third-order valence-corrected chi connectivity index (χ3v) is 3.96. The summed E-state index contributed by atoms with van der Waals surface area (Å²) in [6.45, 7) is 0.494. The molecule has 1 heterocycles. The lowest BCUT2D eigenvalue weighted by Gasteiger charge is -2.16. The fourth-order valence-electron chi connectivity index (χ4n) is 2.55. The summed E-state index contributed by atoms with van der Waals surface area (Å²) in [6.07, 6.45) is 3.45. The number of hydrogen-bond donors (Lipinski definition) is 2. The Morgan fingerprint density at radius 3 is 2.79 bits per heavy atom. The number of anilines is 1. The molecule has 0 unspecified atom stereocenters. The number of carbonyl (C=O) groups is 3. The lowest BCUT2D eigenvalue weighted by Crippen LogP contribution is -2.39. The second-order valence-electron chi connectivity index (χ2n) is 6.05. The predicted molar refractivity (Wildman–Crippen MR) is 87.7 cm³/mol. The van der Waals surface area contributed by atoms with Crippen LogP contribution in [-0.2, 0) is 14.4 Å². The van der Waals surface area contributed by atoms with Crippen molar-refractivity contribution in [3.63, 3.8) is 0 Å². The van der Waals surface area contributed by atoms with Crippen molar-refractivity contribution in [1.29, 1.82) is 0 Å². The second-order valence-corrected chi connectivity index (χ2v) is 6.05. The molecule has 2 N–H and O–H groups in total. The minimum absolute atomic E-state index is 0.0407. The molecule has 0 aromatic heterocycles. The van der Waals surface area contributed by atoms with Crippen LogP contribution in [0.5, 0.6) is 5.75 Å². The van der Waals surface area contributed by atoms with Crippen LogP contribution < -0.4 is 20.3 Å². The number of nitrogens with one attached hydrogen (secondary N) is 2. The van der Waals surface area contributed by atoms with Crippen molar-refractivity contribution in [3.05, 3.63) is 24.3 Å². The highest BCUT2D eigenvalue weighted by Crippen LogP contribution is 2.25. The molecular weight excluding hydrogens is 310 g/mol. The standard InChI is InChI=1S/C17H21N3O4/c21-15(19-12-6-7-12)10-18-16(22)11-24-14-4-1-3-13(9-14)20-8-2-5-17(20)23/h1,3-4,9,12H,2,5-8,10-11H2,(H,18,22)(H,19,21). The maximum Gasteiger partial charge on any atom is 0.258 e. The van der Waals surface area contributed by atoms with Gasteiger partial charge in [-0.3, -0.25) is 14.4 Å². The molecule has 0 atom stereocenters. The van der Waals surface area contributed by atoms with Crippen molar-refractivity contribution in [2.24, 2.45) is 0 Å². The summed E-state index contributed by atoms with van der Waals surface area (Å²) >= 11 is 0. The van der Waals surface area contributed by atoms with Gasteiger partial charge in [-0.1, -0.05) is 6.07 Å². The summed E-state index contributed by atoms with van der Waals surface area (Å²) in [6, 6.07) is 7.39. The summed E-state index contributed by atoms with van der Waals surface area (Å²) < 4.78 is 5.45. The summed E-state index contributed by atoms with van der Waals surface area (Å²) in [7, 11) is 0. The fraction of sp³-hybridized carbons (Fsp3) is 0.471. The lowest BCUT2D eigenvalue weighted by atomic mass is 10.3. The first kappa shape index (κ1) is 16.3. The van der Waals surface area contributed by atoms with Crippen LogP contribution in [0.4, 0.5) is 5.69 Å². The van der Waals surface area contributed by atoms with Crippen LogP contribution in [-0.4, -0.2) is 43.5 Å². The molecule has 24 heavy (non-hydrogen) atoms. The summed E-state index contributed by atoms with van der Waals surface area (Å²) in [4.78, 5) is 36.7. The number of carbonyl (C=O) groups excluding carboxylic acids is 3. The average molecular weight is 331 g/mol. The Balaban J connectivity index is 1.44. The molecule has 7 nitrogen and oxygen atoms in total. The molecule has 2 fully saturated rings. The molecule has 7 heteroatoms. The minimum Gasteiger partial charge on any atom is -0.484 e. The van der Waals surface area contributed by atoms with Crippen LogP contribution in [0.15, 0.2) is 24.3 Å². The van der Waals surface area contributed by atoms with Gasteiger partial charge in [0, 0.05) is 30.8 Å². The number of ether oxygens (including phenoxy) is 1. The van der Waals surface area contributed by atoms with Gasteiger partial charge in [0.1, 0.15) is 5.75 Å². The van der Waals surface area contributed by atoms with Gasteiger partial charge in [-0.25, -0.2) is 0 Å². The highest BCUT2D eigenvalue weighted by molar-refractivity contribution is 5.95. The van der Waals surface area contributed by atoms with Crippen molar-refractivity contribution in [2.45, 2.75) is 31.7 Å². The lowest BCUT2D eigenvalue weighted by molar-refractivity contribution is -0.127. The van der Waals surface area contributed by atoms with Crippen LogP contribution >= 0.6 is 0 Å². The molecule has 1 aromatic carbocycles. The van der Waals surface area contributed by atoms with Gasteiger partial charge >= 0.3 is 0 Å². The van der Waals surface area contributed by atoms with E-state index in [2.05, 4.69) is 10.6 Å². The molecule has 3 amide bonds. The molecule has 1 aromatic rings. The minimum atomic E-state index is -0.358. The van der Waals surface area contributed by atoms with E-state index in [4.69, 9.17) is 4.74 Å². The Morgan fingerprint density at radius 1 is 1.25 bits per heavy atom. The van der Waals surface area contributed by atoms with Crippen molar-refractivity contribution in [3.8, 4) is 5.75 Å². The first-order valence-corrected chi connectivity index (χ1v) is 8.21. The molecular formula is C17H21N3O4. The summed E-state index contributed by atoms with van der Waals surface area (Å²) in [5, 5.41) is 5.32. The zero-order valence-corrected chi connectivity index (χ0v) is 13.4. The van der Waals surface area contributed by atoms with Crippen LogP contribution in [0.2, 0.25) is 0 Å². The third-order valence-electron chi connectivity index (χ3n) is 3.96. The van der Waals surface area contributed by atoms with Crippen molar-refractivity contribution in [2.75, 3.05) is 24.6 Å². The van der Waals surface area contributed by atoms with E-state index in [1.54, 1.807) is 23.1 Å². The molecule has 0 spiro atoms. The molecule has 1 saturated carbocycles. The van der Waals surface area contributed by atoms with Crippen molar-refractivity contribution in [1.82, 2.24) is 10.6 Å². The van der Waals surface area contributed by atoms with Gasteiger partial charge in [0.2, 0.25) is 11.8 Å². The van der Waals surface area contributed by atoms with Gasteiger partial charge < -0.3 is 20.3 Å². The van der Waals surface area contributed by atoms with E-state index in [1.165, 1.54) is 0 Å². The number of nitrogens with zero attached hydrogens (tertiary/aromatic N) is 1. The van der Waals surface area contributed by atoms with Gasteiger partial charge in [0.05, 0.1) is 6.54 Å². The Morgan fingerprint density at radius 2 is 2.08 bits per heavy atom. The van der Waals surface area contributed by atoms with Crippen LogP contribution in [0.25, 0.3) is 0 Å². The van der Waals surface area contributed by atoms with Crippen molar-refractivity contribution >= 4 is 23.4 Å². The van der Waals surface area contributed by atoms with Gasteiger partial charge in [-0.05, 0) is 31.4 Å². The molecule has 1 aliphatic heterocycles. The smallest absolute Gasteiger partial charge is 0.258 e. The average Bonchev–Trinajstić information content (AvgIpc) is 3.29. The van der Waals surface area contributed by atoms with Gasteiger partial charge in [0.15, 0.2) is 6.61 Å². The maximum absolute atomic E-state index is 11.8. The van der Waals surface area contributed by atoms with E-state index in [1.807, 2.05) is 6.07 Å². The summed E-state index contributed by atoms with van der Waals surface area (Å²) in [5.74, 6) is 0.0837. The van der Waals surface area contributed by atoms with E-state index in [9.17, 15) is 14.4 Å². The van der Waals surface area contributed by atoms with Gasteiger partial charge in [-0.2, -0.15) is 0 Å². The predicted octanol–water partition coefficient (Wildman–Crippen LogP) is 0.587. The highest BCUT2D eigenvalue weighted by atomic mass is 16.5. The van der Waals surface area contributed by atoms with Gasteiger partial charge in [-0.15, -0.1) is 0 Å². The Bertz CT molecular complexity index is 642. The number of benzene rings is 1. The highest BCUT2D eigenvalue weighted by Gasteiger charge is 2.23. The first-order valence-electron chi connectivity index (χ1n) is 8.21. The normalized spacial score (nSPS) is 16.8. The van der Waals surface area contributed by atoms with Crippen LogP contribution in [0.3, 0.4) is 0 Å². The largest absolute Gasteiger partial charge is 0.484 e. The van der Waals surface area contributed by atoms with Crippen LogP contribution in [0, 0.1) is 0 Å². The topological polar surface area (TPSA) is 87.7 Å². The number of rotatable bonds is 7. The van der Waals surface area contributed by atoms with Crippen LogP contribution in [0.1, 0.15) is 25.7 Å². The molecule has 128 valence electrons. The quantitative estimate of drug-likeness (QED) is 0.765. The summed E-state index contributed by atoms with van der Waals surface area (Å²) in [5.41, 5.74) is 0.777. The maximum atomic E-state index is 11.8. The third kappa shape index (κ3) is 4.47. The number of amides is 3. The van der Waals surface area contributed by atoms with Gasteiger partial charge in [0.25, 0.3) is 5.91 Å². The second kappa shape index (κ2) is 7.33. The van der Waals surface area contributed by atoms with E-state index in [-0.39, 0.29) is 36.9 Å². The van der Waals surface area contributed by atoms with E-state index < -0.39 is 0 Å². The van der Waals surface area contributed by atoms with E-state index >= 15 is 0 Å². The molecule has 0 radical (unpaired) electrons. The first-order chi connectivity index (χ1) is 11.6. The number of hydrogen-bond acceptors (Lipinski definition) is 4. The molecule has 1 aliphatic carbocycles. The monoisotopic (exact) mass is 331 g/mol. The fourth-order valence-corrected chi connectivity index (χ4v) is 2.55. The SMILES string of the molecule is O=C(COc1cccc(N2CCCC2=O)c1)NCC(=O)NC1CC1. The zero-order chi connectivity index (χ0) is 16.9. The molecule has 1 saturated heterocycles.